The maximum atomic E-state index is 12.4. The zero-order valence-electron chi connectivity index (χ0n) is 13.1. The third-order valence-corrected chi connectivity index (χ3v) is 3.74. The molecular formula is C18H18NO3-. The van der Waals surface area contributed by atoms with Gasteiger partial charge in [-0.05, 0) is 50.5 Å². The Bertz CT molecular complexity index is 782. The van der Waals surface area contributed by atoms with Crippen LogP contribution in [0, 0.1) is 27.7 Å². The average Bonchev–Trinajstić information content (AvgIpc) is 2.75. The van der Waals surface area contributed by atoms with Gasteiger partial charge in [-0.1, -0.05) is 29.8 Å². The predicted octanol–water partition coefficient (Wildman–Crippen LogP) is 2.51. The number of hydrogen-bond acceptors (Lipinski definition) is 3. The highest BCUT2D eigenvalue weighted by Crippen LogP contribution is 2.19. The third-order valence-electron chi connectivity index (χ3n) is 3.74. The minimum atomic E-state index is -1.31. The molecule has 0 atom stereocenters. The summed E-state index contributed by atoms with van der Waals surface area (Å²) in [6.45, 7) is 7.25. The molecule has 2 rings (SSSR count). The van der Waals surface area contributed by atoms with Crippen LogP contribution in [0.5, 0.6) is 0 Å². The molecule has 1 aromatic heterocycles. The van der Waals surface area contributed by atoms with E-state index in [1.54, 1.807) is 19.9 Å². The lowest BCUT2D eigenvalue weighted by atomic mass is 10.0. The van der Waals surface area contributed by atoms with Crippen LogP contribution < -0.4 is 5.11 Å². The van der Waals surface area contributed by atoms with E-state index in [2.05, 4.69) is 4.98 Å². The first kappa shape index (κ1) is 15.8. The van der Waals surface area contributed by atoms with E-state index >= 15 is 0 Å². The number of ketones is 1. The van der Waals surface area contributed by atoms with Gasteiger partial charge in [0.15, 0.2) is 5.78 Å². The molecule has 114 valence electrons. The molecule has 0 radical (unpaired) electrons. The number of rotatable bonds is 4. The van der Waals surface area contributed by atoms with Crippen LogP contribution in [0.4, 0.5) is 0 Å². The number of benzene rings is 1. The highest BCUT2D eigenvalue weighted by atomic mass is 16.4. The quantitative estimate of drug-likeness (QED) is 0.696. The van der Waals surface area contributed by atoms with Crippen molar-refractivity contribution >= 4 is 17.8 Å². The fourth-order valence-corrected chi connectivity index (χ4v) is 2.51. The first-order chi connectivity index (χ1) is 10.3. The Balaban J connectivity index is 2.35. The molecule has 2 aromatic rings. The minimum Gasteiger partial charge on any atom is -0.543 e. The van der Waals surface area contributed by atoms with Gasteiger partial charge in [-0.15, -0.1) is 0 Å². The van der Waals surface area contributed by atoms with Gasteiger partial charge in [-0.2, -0.15) is 0 Å². The van der Waals surface area contributed by atoms with Crippen LogP contribution in [0.25, 0.3) is 6.08 Å². The number of hydrogen-bond donors (Lipinski definition) is 1. The van der Waals surface area contributed by atoms with Crippen molar-refractivity contribution in [1.82, 2.24) is 4.98 Å². The molecule has 22 heavy (non-hydrogen) atoms. The maximum Gasteiger partial charge on any atom is 0.187 e. The van der Waals surface area contributed by atoms with Crippen molar-refractivity contribution in [3.05, 3.63) is 63.5 Å². The van der Waals surface area contributed by atoms with Crippen LogP contribution in [-0.2, 0) is 0 Å². The van der Waals surface area contributed by atoms with Crippen LogP contribution in [-0.4, -0.2) is 16.7 Å². The highest BCUT2D eigenvalue weighted by Gasteiger charge is 2.16. The fourth-order valence-electron chi connectivity index (χ4n) is 2.51. The molecule has 0 fully saturated rings. The zero-order valence-corrected chi connectivity index (χ0v) is 13.1. The summed E-state index contributed by atoms with van der Waals surface area (Å²) in [5, 5.41) is 11.0. The molecule has 1 N–H and O–H groups in total. The van der Waals surface area contributed by atoms with Gasteiger partial charge in [-0.25, -0.2) is 0 Å². The number of carboxylic acids is 1. The number of aromatic nitrogens is 1. The fraction of sp³-hybridized carbons (Fsp3) is 0.222. The Kier molecular flexibility index (Phi) is 4.31. The second kappa shape index (κ2) is 6.02. The highest BCUT2D eigenvalue weighted by molar-refractivity contribution is 6.10. The van der Waals surface area contributed by atoms with E-state index in [0.29, 0.717) is 16.8 Å². The van der Waals surface area contributed by atoms with E-state index < -0.39 is 5.97 Å². The van der Waals surface area contributed by atoms with E-state index in [1.165, 1.54) is 6.08 Å². The molecule has 0 aliphatic carbocycles. The summed E-state index contributed by atoms with van der Waals surface area (Å²) in [6, 6.07) is 6.02. The molecule has 0 aliphatic heterocycles. The smallest absolute Gasteiger partial charge is 0.187 e. The van der Waals surface area contributed by atoms with Gasteiger partial charge >= 0.3 is 0 Å². The van der Waals surface area contributed by atoms with Gasteiger partial charge in [0, 0.05) is 11.3 Å². The van der Waals surface area contributed by atoms with Crippen molar-refractivity contribution < 1.29 is 14.7 Å². The molecule has 0 unspecified atom stereocenters. The first-order valence-electron chi connectivity index (χ1n) is 7.01. The van der Waals surface area contributed by atoms with Crippen LogP contribution in [0.2, 0.25) is 0 Å². The minimum absolute atomic E-state index is 0.0408. The molecular weight excluding hydrogens is 278 g/mol. The number of H-pyrrole nitrogens is 1. The molecule has 0 spiro atoms. The summed E-state index contributed by atoms with van der Waals surface area (Å²) < 4.78 is 0. The summed E-state index contributed by atoms with van der Waals surface area (Å²) in [5.41, 5.74) is 4.46. The van der Waals surface area contributed by atoms with Gasteiger partial charge in [0.2, 0.25) is 0 Å². The number of carbonyl (C=O) groups excluding carboxylic acids is 2. The summed E-state index contributed by atoms with van der Waals surface area (Å²) in [4.78, 5) is 26.1. The molecule has 0 aliphatic rings. The van der Waals surface area contributed by atoms with Gasteiger partial charge in [0.1, 0.15) is 0 Å². The Labute approximate surface area is 129 Å². The first-order valence-corrected chi connectivity index (χ1v) is 7.01. The second-order valence-electron chi connectivity index (χ2n) is 5.47. The van der Waals surface area contributed by atoms with Gasteiger partial charge in [0.05, 0.1) is 11.7 Å². The summed E-state index contributed by atoms with van der Waals surface area (Å²) in [6.07, 6.45) is 3.24. The molecule has 4 nitrogen and oxygen atoms in total. The van der Waals surface area contributed by atoms with E-state index in [1.807, 2.05) is 32.0 Å². The van der Waals surface area contributed by atoms with E-state index in [4.69, 9.17) is 0 Å². The van der Waals surface area contributed by atoms with Crippen molar-refractivity contribution in [3.63, 3.8) is 0 Å². The van der Waals surface area contributed by atoms with Crippen molar-refractivity contribution in [1.29, 1.82) is 0 Å². The number of allylic oxidation sites excluding steroid dienone is 1. The van der Waals surface area contributed by atoms with Gasteiger partial charge in [-0.3, -0.25) is 4.79 Å². The van der Waals surface area contributed by atoms with Crippen LogP contribution in [0.15, 0.2) is 24.3 Å². The number of aromatic amines is 1. The summed E-state index contributed by atoms with van der Waals surface area (Å²) >= 11 is 0. The van der Waals surface area contributed by atoms with Gasteiger partial charge in [0.25, 0.3) is 0 Å². The lowest BCUT2D eigenvalue weighted by Crippen LogP contribution is -2.23. The molecule has 0 bridgehead atoms. The monoisotopic (exact) mass is 296 g/mol. The van der Waals surface area contributed by atoms with E-state index in [9.17, 15) is 14.7 Å². The normalized spacial score (nSPS) is 11.1. The van der Waals surface area contributed by atoms with Crippen LogP contribution in [0.3, 0.4) is 0 Å². The van der Waals surface area contributed by atoms with Crippen molar-refractivity contribution in [2.75, 3.05) is 0 Å². The molecule has 4 heteroatoms. The Morgan fingerprint density at radius 3 is 2.41 bits per heavy atom. The SMILES string of the molecule is Cc1ccc(C)c(/C=C/C(=O)c2c(C)[nH]c(C(=O)[O-])c2C)c1. The topological polar surface area (TPSA) is 73.0 Å². The lowest BCUT2D eigenvalue weighted by molar-refractivity contribution is -0.255. The van der Waals surface area contributed by atoms with Crippen molar-refractivity contribution in [3.8, 4) is 0 Å². The van der Waals surface area contributed by atoms with Gasteiger partial charge < -0.3 is 14.9 Å². The molecule has 1 heterocycles. The number of aryl methyl sites for hydroxylation is 3. The standard InChI is InChI=1S/C18H19NO3/c1-10-5-6-11(2)14(9-10)7-8-15(20)16-12(3)17(18(21)22)19-13(16)4/h5-9,19H,1-4H3,(H,21,22)/p-1/b8-7+. The summed E-state index contributed by atoms with van der Waals surface area (Å²) in [5.74, 6) is -1.53. The average molecular weight is 296 g/mol. The number of aromatic carboxylic acids is 1. The van der Waals surface area contributed by atoms with Crippen molar-refractivity contribution in [2.45, 2.75) is 27.7 Å². The lowest BCUT2D eigenvalue weighted by Gasteiger charge is -2.02. The number of carbonyl (C=O) groups is 2. The number of nitrogens with one attached hydrogen (secondary N) is 1. The zero-order chi connectivity index (χ0) is 16.4. The second-order valence-corrected chi connectivity index (χ2v) is 5.47. The third kappa shape index (κ3) is 3.01. The number of carboxylic acid groups (broad SMARTS) is 1. The van der Waals surface area contributed by atoms with E-state index in [0.717, 1.165) is 16.7 Å². The Morgan fingerprint density at radius 2 is 1.82 bits per heavy atom. The van der Waals surface area contributed by atoms with Crippen LogP contribution >= 0.6 is 0 Å². The van der Waals surface area contributed by atoms with Crippen molar-refractivity contribution in [2.24, 2.45) is 0 Å². The maximum absolute atomic E-state index is 12.4. The Morgan fingerprint density at radius 1 is 1.14 bits per heavy atom. The van der Waals surface area contributed by atoms with E-state index in [-0.39, 0.29) is 11.5 Å². The molecule has 1 aromatic carbocycles. The van der Waals surface area contributed by atoms with Crippen LogP contribution in [0.1, 0.15) is 48.8 Å². The molecule has 0 saturated carbocycles. The largest absolute Gasteiger partial charge is 0.543 e. The molecule has 0 saturated heterocycles. The summed E-state index contributed by atoms with van der Waals surface area (Å²) in [7, 11) is 0. The predicted molar refractivity (Wildman–Crippen MR) is 83.9 cm³/mol. The molecule has 0 amide bonds. The Hall–Kier alpha value is -2.62.